The molecule has 0 N–H and O–H groups in total. The highest BCUT2D eigenvalue weighted by Gasteiger charge is 2.18. The van der Waals surface area contributed by atoms with Gasteiger partial charge in [0.15, 0.2) is 5.58 Å². The molecule has 0 radical (unpaired) electrons. The van der Waals surface area contributed by atoms with Gasteiger partial charge >= 0.3 is 5.63 Å². The Hall–Kier alpha value is -3.85. The molecule has 3 heteroatoms. The third-order valence-corrected chi connectivity index (χ3v) is 5.71. The summed E-state index contributed by atoms with van der Waals surface area (Å²) in [7, 11) is 0. The lowest BCUT2D eigenvalue weighted by Crippen LogP contribution is -2.01. The van der Waals surface area contributed by atoms with Crippen LogP contribution in [-0.2, 0) is 0 Å². The number of hydrogen-bond donors (Lipinski definition) is 0. The van der Waals surface area contributed by atoms with E-state index in [1.54, 1.807) is 0 Å². The molecular weight excluding hydrogens is 358 g/mol. The summed E-state index contributed by atoms with van der Waals surface area (Å²) in [6, 6.07) is 28.6. The Balaban J connectivity index is 1.91. The minimum atomic E-state index is -0.304. The minimum absolute atomic E-state index is 0.304. The summed E-state index contributed by atoms with van der Waals surface area (Å²) < 4.78 is 8.13. The van der Waals surface area contributed by atoms with E-state index in [0.717, 1.165) is 38.3 Å². The SMILES string of the molecule is Cc1ccc(-n2c3ccccc3c3ccc4c5ccccc5c(=O)oc4c32)cc1. The maximum atomic E-state index is 12.8. The molecule has 0 unspecified atom stereocenters. The fraction of sp³-hybridized carbons (Fsp3) is 0.0385. The van der Waals surface area contributed by atoms with E-state index in [0.29, 0.717) is 11.0 Å². The highest BCUT2D eigenvalue weighted by molar-refractivity contribution is 6.20. The first-order chi connectivity index (χ1) is 14.2. The summed E-state index contributed by atoms with van der Waals surface area (Å²) in [6.07, 6.45) is 0. The van der Waals surface area contributed by atoms with Gasteiger partial charge in [0.2, 0.25) is 0 Å². The highest BCUT2D eigenvalue weighted by atomic mass is 16.4. The number of nitrogens with zero attached hydrogens (tertiary/aromatic N) is 1. The molecule has 138 valence electrons. The monoisotopic (exact) mass is 375 g/mol. The molecular formula is C26H17NO2. The number of hydrogen-bond acceptors (Lipinski definition) is 2. The molecule has 29 heavy (non-hydrogen) atoms. The Bertz CT molecular complexity index is 1620. The zero-order valence-electron chi connectivity index (χ0n) is 15.8. The zero-order valence-corrected chi connectivity index (χ0v) is 15.8. The molecule has 0 spiro atoms. The van der Waals surface area contributed by atoms with Crippen molar-refractivity contribution in [1.82, 2.24) is 4.57 Å². The van der Waals surface area contributed by atoms with Crippen LogP contribution in [-0.4, -0.2) is 4.57 Å². The van der Waals surface area contributed by atoms with Crippen molar-refractivity contribution in [3.05, 3.63) is 101 Å². The average molecular weight is 375 g/mol. The van der Waals surface area contributed by atoms with Crippen LogP contribution in [0, 0.1) is 6.92 Å². The predicted molar refractivity (Wildman–Crippen MR) is 119 cm³/mol. The van der Waals surface area contributed by atoms with Gasteiger partial charge in [-0.15, -0.1) is 0 Å². The van der Waals surface area contributed by atoms with Crippen LogP contribution in [0.4, 0.5) is 0 Å². The average Bonchev–Trinajstić information content (AvgIpc) is 3.10. The molecule has 0 aliphatic carbocycles. The summed E-state index contributed by atoms with van der Waals surface area (Å²) in [5.41, 5.74) is 4.59. The molecule has 3 nitrogen and oxygen atoms in total. The van der Waals surface area contributed by atoms with Gasteiger partial charge in [-0.25, -0.2) is 4.79 Å². The second-order valence-corrected chi connectivity index (χ2v) is 7.46. The molecule has 0 bridgehead atoms. The van der Waals surface area contributed by atoms with Gasteiger partial charge in [0.25, 0.3) is 0 Å². The van der Waals surface area contributed by atoms with Crippen molar-refractivity contribution in [3.8, 4) is 5.69 Å². The first-order valence-electron chi connectivity index (χ1n) is 9.67. The van der Waals surface area contributed by atoms with E-state index in [1.165, 1.54) is 5.56 Å². The molecule has 6 rings (SSSR count). The van der Waals surface area contributed by atoms with Gasteiger partial charge in [-0.2, -0.15) is 0 Å². The number of benzene rings is 4. The summed E-state index contributed by atoms with van der Waals surface area (Å²) >= 11 is 0. The largest absolute Gasteiger partial charge is 0.420 e. The van der Waals surface area contributed by atoms with Gasteiger partial charge in [-0.1, -0.05) is 60.2 Å². The second-order valence-electron chi connectivity index (χ2n) is 7.46. The van der Waals surface area contributed by atoms with E-state index in [1.807, 2.05) is 36.4 Å². The van der Waals surface area contributed by atoms with Gasteiger partial charge in [0.05, 0.1) is 16.4 Å². The van der Waals surface area contributed by atoms with Crippen molar-refractivity contribution in [2.75, 3.05) is 0 Å². The minimum Gasteiger partial charge on any atom is -0.420 e. The third kappa shape index (κ3) is 2.21. The van der Waals surface area contributed by atoms with Crippen molar-refractivity contribution >= 4 is 43.5 Å². The summed E-state index contributed by atoms with van der Waals surface area (Å²) in [6.45, 7) is 2.08. The van der Waals surface area contributed by atoms with Crippen LogP contribution < -0.4 is 5.63 Å². The Labute approximate surface area is 166 Å². The molecule has 0 aliphatic rings. The van der Waals surface area contributed by atoms with Crippen LogP contribution in [0.25, 0.3) is 49.2 Å². The Morgan fingerprint density at radius 3 is 2.10 bits per heavy atom. The van der Waals surface area contributed by atoms with Crippen LogP contribution in [0.1, 0.15) is 5.56 Å². The smallest absolute Gasteiger partial charge is 0.344 e. The van der Waals surface area contributed by atoms with Crippen LogP contribution in [0.15, 0.2) is 94.1 Å². The van der Waals surface area contributed by atoms with Crippen LogP contribution in [0.5, 0.6) is 0 Å². The van der Waals surface area contributed by atoms with E-state index in [4.69, 9.17) is 4.42 Å². The lowest BCUT2D eigenvalue weighted by molar-refractivity contribution is 0.572. The molecule has 4 aromatic carbocycles. The Kier molecular flexibility index (Phi) is 3.24. The number of para-hydroxylation sites is 1. The number of fused-ring (bicyclic) bond motifs is 7. The van der Waals surface area contributed by atoms with Crippen LogP contribution >= 0.6 is 0 Å². The maximum absolute atomic E-state index is 12.8. The van der Waals surface area contributed by atoms with Crippen molar-refractivity contribution in [2.24, 2.45) is 0 Å². The molecule has 2 heterocycles. The van der Waals surface area contributed by atoms with Gasteiger partial charge in [0.1, 0.15) is 0 Å². The fourth-order valence-corrected chi connectivity index (χ4v) is 4.35. The van der Waals surface area contributed by atoms with E-state index in [2.05, 4.69) is 60.0 Å². The molecule has 6 aromatic rings. The predicted octanol–water partition coefficient (Wildman–Crippen LogP) is 6.35. The highest BCUT2D eigenvalue weighted by Crippen LogP contribution is 2.37. The van der Waals surface area contributed by atoms with Crippen LogP contribution in [0.3, 0.4) is 0 Å². The Morgan fingerprint density at radius 2 is 1.31 bits per heavy atom. The van der Waals surface area contributed by atoms with Crippen LogP contribution in [0.2, 0.25) is 0 Å². The molecule has 0 atom stereocenters. The molecule has 0 aliphatic heterocycles. The Morgan fingerprint density at radius 1 is 0.655 bits per heavy atom. The molecule has 0 amide bonds. The van der Waals surface area contributed by atoms with Gasteiger partial charge < -0.3 is 8.98 Å². The third-order valence-electron chi connectivity index (χ3n) is 5.71. The van der Waals surface area contributed by atoms with Crippen molar-refractivity contribution < 1.29 is 4.42 Å². The van der Waals surface area contributed by atoms with Gasteiger partial charge in [-0.05, 0) is 42.6 Å². The number of aryl methyl sites for hydroxylation is 1. The molecule has 2 aromatic heterocycles. The number of rotatable bonds is 1. The topological polar surface area (TPSA) is 35.1 Å². The maximum Gasteiger partial charge on any atom is 0.344 e. The first kappa shape index (κ1) is 16.1. The van der Waals surface area contributed by atoms with E-state index < -0.39 is 0 Å². The quantitative estimate of drug-likeness (QED) is 0.248. The zero-order chi connectivity index (χ0) is 19.5. The summed E-state index contributed by atoms with van der Waals surface area (Å²) in [5, 5.41) is 4.69. The van der Waals surface area contributed by atoms with Crippen molar-refractivity contribution in [1.29, 1.82) is 0 Å². The van der Waals surface area contributed by atoms with Gasteiger partial charge in [-0.3, -0.25) is 0 Å². The fourth-order valence-electron chi connectivity index (χ4n) is 4.35. The summed E-state index contributed by atoms with van der Waals surface area (Å²) in [5.74, 6) is 0. The van der Waals surface area contributed by atoms with Crippen molar-refractivity contribution in [2.45, 2.75) is 6.92 Å². The lowest BCUT2D eigenvalue weighted by Gasteiger charge is -2.10. The lowest BCUT2D eigenvalue weighted by atomic mass is 10.1. The van der Waals surface area contributed by atoms with E-state index >= 15 is 0 Å². The standard InChI is InChI=1S/C26H17NO2/c1-16-10-12-17(13-11-16)27-23-9-5-4-7-19(23)20-14-15-21-18-6-2-3-8-22(18)26(28)29-25(21)24(20)27/h2-15H,1H3. The number of aromatic nitrogens is 1. The van der Waals surface area contributed by atoms with Gasteiger partial charge in [0, 0.05) is 21.8 Å². The van der Waals surface area contributed by atoms with E-state index in [9.17, 15) is 4.79 Å². The normalized spacial score (nSPS) is 11.8. The molecule has 0 saturated carbocycles. The first-order valence-corrected chi connectivity index (χ1v) is 9.67. The molecule has 0 fully saturated rings. The van der Waals surface area contributed by atoms with E-state index in [-0.39, 0.29) is 5.63 Å². The molecule has 0 saturated heterocycles. The second kappa shape index (κ2) is 5.82. The summed E-state index contributed by atoms with van der Waals surface area (Å²) in [4.78, 5) is 12.8. The van der Waals surface area contributed by atoms with Crippen molar-refractivity contribution in [3.63, 3.8) is 0 Å².